The average Bonchev–Trinajstić information content (AvgIpc) is 2.95. The minimum absolute atomic E-state index is 0.405. The van der Waals surface area contributed by atoms with Gasteiger partial charge in [0.2, 0.25) is 0 Å². The number of aliphatic carboxylic acids is 1. The monoisotopic (exact) mass is 266 g/mol. The van der Waals surface area contributed by atoms with E-state index in [2.05, 4.69) is 28.1 Å². The SMILES string of the molecule is O=C(O)/C=C/C1CC1c1ccc(Br)cc1. The Kier molecular flexibility index (Phi) is 2.91. The Hall–Kier alpha value is -1.09. The van der Waals surface area contributed by atoms with Gasteiger partial charge >= 0.3 is 5.97 Å². The summed E-state index contributed by atoms with van der Waals surface area (Å²) < 4.78 is 1.07. The van der Waals surface area contributed by atoms with Crippen LogP contribution in [-0.4, -0.2) is 11.1 Å². The molecule has 1 aliphatic rings. The topological polar surface area (TPSA) is 37.3 Å². The van der Waals surface area contributed by atoms with Crippen LogP contribution in [0.15, 0.2) is 40.9 Å². The summed E-state index contributed by atoms with van der Waals surface area (Å²) in [5.41, 5.74) is 1.29. The normalized spacial score (nSPS) is 24.3. The molecule has 0 heterocycles. The second-order valence-electron chi connectivity index (χ2n) is 3.75. The van der Waals surface area contributed by atoms with Crippen molar-refractivity contribution in [3.8, 4) is 0 Å². The Morgan fingerprint density at radius 1 is 1.40 bits per heavy atom. The number of benzene rings is 1. The Labute approximate surface area is 96.7 Å². The standard InChI is InChI=1S/C12H11BrO2/c13-10-4-1-8(2-5-10)11-7-9(11)3-6-12(14)15/h1-6,9,11H,7H2,(H,14,15)/b6-3+. The molecular weight excluding hydrogens is 256 g/mol. The van der Waals surface area contributed by atoms with Crippen LogP contribution in [0.4, 0.5) is 0 Å². The summed E-state index contributed by atoms with van der Waals surface area (Å²) in [6.07, 6.45) is 4.09. The molecule has 1 aromatic carbocycles. The van der Waals surface area contributed by atoms with E-state index >= 15 is 0 Å². The predicted molar refractivity (Wildman–Crippen MR) is 61.8 cm³/mol. The Bertz CT molecular complexity index is 395. The molecule has 2 nitrogen and oxygen atoms in total. The highest BCUT2D eigenvalue weighted by molar-refractivity contribution is 9.10. The van der Waals surface area contributed by atoms with Crippen molar-refractivity contribution in [3.05, 3.63) is 46.5 Å². The van der Waals surface area contributed by atoms with E-state index in [0.717, 1.165) is 10.9 Å². The zero-order chi connectivity index (χ0) is 10.8. The highest BCUT2D eigenvalue weighted by Gasteiger charge is 2.35. The van der Waals surface area contributed by atoms with Crippen molar-refractivity contribution in [3.63, 3.8) is 0 Å². The molecule has 0 bridgehead atoms. The zero-order valence-electron chi connectivity index (χ0n) is 8.06. The molecule has 2 unspecified atom stereocenters. The van der Waals surface area contributed by atoms with Crippen molar-refractivity contribution < 1.29 is 9.90 Å². The summed E-state index contributed by atoms with van der Waals surface area (Å²) in [6.45, 7) is 0. The summed E-state index contributed by atoms with van der Waals surface area (Å²) in [5.74, 6) is 0.0485. The predicted octanol–water partition coefficient (Wildman–Crippen LogP) is 3.19. The molecule has 15 heavy (non-hydrogen) atoms. The Morgan fingerprint density at radius 2 is 2.07 bits per heavy atom. The third kappa shape index (κ3) is 2.69. The smallest absolute Gasteiger partial charge is 0.327 e. The molecule has 1 saturated carbocycles. The first-order valence-electron chi connectivity index (χ1n) is 4.83. The van der Waals surface area contributed by atoms with Gasteiger partial charge in [-0.2, -0.15) is 0 Å². The van der Waals surface area contributed by atoms with Crippen LogP contribution in [0.1, 0.15) is 17.9 Å². The van der Waals surface area contributed by atoms with Crippen molar-refractivity contribution >= 4 is 21.9 Å². The van der Waals surface area contributed by atoms with Crippen LogP contribution in [-0.2, 0) is 4.79 Å². The second-order valence-corrected chi connectivity index (χ2v) is 4.67. The number of carboxylic acid groups (broad SMARTS) is 1. The van der Waals surface area contributed by atoms with Gasteiger partial charge in [-0.15, -0.1) is 0 Å². The first-order valence-corrected chi connectivity index (χ1v) is 5.62. The van der Waals surface area contributed by atoms with E-state index in [0.29, 0.717) is 11.8 Å². The van der Waals surface area contributed by atoms with Crippen molar-refractivity contribution in [1.29, 1.82) is 0 Å². The lowest BCUT2D eigenvalue weighted by atomic mass is 10.1. The van der Waals surface area contributed by atoms with Crippen LogP contribution >= 0.6 is 15.9 Å². The molecular formula is C12H11BrO2. The van der Waals surface area contributed by atoms with Gasteiger partial charge in [0.05, 0.1) is 0 Å². The summed E-state index contributed by atoms with van der Waals surface area (Å²) in [5, 5.41) is 8.49. The van der Waals surface area contributed by atoms with Crippen molar-refractivity contribution in [2.24, 2.45) is 5.92 Å². The minimum Gasteiger partial charge on any atom is -0.478 e. The number of hydrogen-bond donors (Lipinski definition) is 1. The maximum atomic E-state index is 10.3. The number of allylic oxidation sites excluding steroid dienone is 1. The van der Waals surface area contributed by atoms with Gasteiger partial charge in [-0.1, -0.05) is 34.1 Å². The fourth-order valence-corrected chi connectivity index (χ4v) is 1.99. The van der Waals surface area contributed by atoms with E-state index in [1.807, 2.05) is 12.1 Å². The van der Waals surface area contributed by atoms with Crippen LogP contribution in [0.5, 0.6) is 0 Å². The largest absolute Gasteiger partial charge is 0.478 e. The summed E-state index contributed by atoms with van der Waals surface area (Å²) in [6, 6.07) is 8.21. The first-order chi connectivity index (χ1) is 7.16. The second kappa shape index (κ2) is 4.19. The quantitative estimate of drug-likeness (QED) is 0.854. The van der Waals surface area contributed by atoms with Gasteiger partial charge in [-0.25, -0.2) is 4.79 Å². The summed E-state index contributed by atoms with van der Waals surface area (Å²) >= 11 is 3.39. The molecule has 1 aromatic rings. The molecule has 2 atom stereocenters. The lowest BCUT2D eigenvalue weighted by Crippen LogP contribution is -1.87. The average molecular weight is 267 g/mol. The molecule has 3 heteroatoms. The molecule has 2 rings (SSSR count). The maximum absolute atomic E-state index is 10.3. The molecule has 0 amide bonds. The van der Waals surface area contributed by atoms with Gasteiger partial charge in [0, 0.05) is 10.5 Å². The van der Waals surface area contributed by atoms with Gasteiger partial charge in [0.15, 0.2) is 0 Å². The summed E-state index contributed by atoms with van der Waals surface area (Å²) in [4.78, 5) is 10.3. The maximum Gasteiger partial charge on any atom is 0.327 e. The number of halogens is 1. The highest BCUT2D eigenvalue weighted by atomic mass is 79.9. The van der Waals surface area contributed by atoms with E-state index in [4.69, 9.17) is 5.11 Å². The number of hydrogen-bond acceptors (Lipinski definition) is 1. The van der Waals surface area contributed by atoms with Gasteiger partial charge in [0.1, 0.15) is 0 Å². The van der Waals surface area contributed by atoms with Crippen molar-refractivity contribution in [2.75, 3.05) is 0 Å². The lowest BCUT2D eigenvalue weighted by molar-refractivity contribution is -0.131. The third-order valence-electron chi connectivity index (χ3n) is 2.62. The number of carbonyl (C=O) groups is 1. The van der Waals surface area contributed by atoms with Gasteiger partial charge in [-0.05, 0) is 36.0 Å². The van der Waals surface area contributed by atoms with E-state index < -0.39 is 5.97 Å². The first kappa shape index (κ1) is 10.4. The molecule has 0 radical (unpaired) electrons. The van der Waals surface area contributed by atoms with Gasteiger partial charge in [0.25, 0.3) is 0 Å². The van der Waals surface area contributed by atoms with Crippen LogP contribution in [0.25, 0.3) is 0 Å². The zero-order valence-corrected chi connectivity index (χ0v) is 9.65. The van der Waals surface area contributed by atoms with Gasteiger partial charge < -0.3 is 5.11 Å². The molecule has 0 aliphatic heterocycles. The van der Waals surface area contributed by atoms with Crippen molar-refractivity contribution in [1.82, 2.24) is 0 Å². The minimum atomic E-state index is -0.864. The van der Waals surface area contributed by atoms with Crippen LogP contribution in [0.3, 0.4) is 0 Å². The van der Waals surface area contributed by atoms with E-state index in [1.54, 1.807) is 6.08 Å². The van der Waals surface area contributed by atoms with Crippen LogP contribution in [0, 0.1) is 5.92 Å². The molecule has 1 N–H and O–H groups in total. The number of carboxylic acids is 1. The van der Waals surface area contributed by atoms with Crippen molar-refractivity contribution in [2.45, 2.75) is 12.3 Å². The fourth-order valence-electron chi connectivity index (χ4n) is 1.73. The van der Waals surface area contributed by atoms with Gasteiger partial charge in [-0.3, -0.25) is 0 Å². The fraction of sp³-hybridized carbons (Fsp3) is 0.250. The van der Waals surface area contributed by atoms with Crippen LogP contribution in [0.2, 0.25) is 0 Å². The molecule has 0 aromatic heterocycles. The molecule has 78 valence electrons. The van der Waals surface area contributed by atoms with Crippen LogP contribution < -0.4 is 0 Å². The van der Waals surface area contributed by atoms with E-state index in [1.165, 1.54) is 11.6 Å². The Balaban J connectivity index is 1.99. The molecule has 0 spiro atoms. The molecule has 1 aliphatic carbocycles. The lowest BCUT2D eigenvalue weighted by Gasteiger charge is -1.97. The number of rotatable bonds is 3. The molecule has 1 fully saturated rings. The Morgan fingerprint density at radius 3 is 2.67 bits per heavy atom. The highest BCUT2D eigenvalue weighted by Crippen LogP contribution is 2.48. The molecule has 0 saturated heterocycles. The van der Waals surface area contributed by atoms with E-state index in [-0.39, 0.29) is 0 Å². The summed E-state index contributed by atoms with van der Waals surface area (Å²) in [7, 11) is 0. The third-order valence-corrected chi connectivity index (χ3v) is 3.15. The van der Waals surface area contributed by atoms with E-state index in [9.17, 15) is 4.79 Å².